The maximum Gasteiger partial charge on any atom is 0.191 e. The zero-order valence-corrected chi connectivity index (χ0v) is 18.5. The molecular formula is C18H25F2IN4S. The quantitative estimate of drug-likeness (QED) is 0.353. The molecule has 2 rings (SSSR count). The zero-order chi connectivity index (χ0) is 18.4. The molecule has 26 heavy (non-hydrogen) atoms. The summed E-state index contributed by atoms with van der Waals surface area (Å²) in [4.78, 5) is 10.1. The number of aryl methyl sites for hydroxylation is 2. The van der Waals surface area contributed by atoms with Crippen LogP contribution in [0.3, 0.4) is 0 Å². The number of aromatic nitrogens is 1. The smallest absolute Gasteiger partial charge is 0.191 e. The molecule has 0 aliphatic heterocycles. The van der Waals surface area contributed by atoms with Gasteiger partial charge in [-0.3, -0.25) is 0 Å². The van der Waals surface area contributed by atoms with Gasteiger partial charge in [0, 0.05) is 30.0 Å². The Hall–Kier alpha value is -1.29. The molecule has 2 aromatic rings. The Balaban J connectivity index is 0.00000338. The summed E-state index contributed by atoms with van der Waals surface area (Å²) < 4.78 is 26.9. The van der Waals surface area contributed by atoms with Gasteiger partial charge in [-0.15, -0.1) is 35.3 Å². The van der Waals surface area contributed by atoms with Crippen molar-refractivity contribution in [2.75, 3.05) is 13.1 Å². The van der Waals surface area contributed by atoms with Gasteiger partial charge in [-0.2, -0.15) is 0 Å². The van der Waals surface area contributed by atoms with Crippen molar-refractivity contribution in [2.24, 2.45) is 4.99 Å². The van der Waals surface area contributed by atoms with Gasteiger partial charge in [-0.1, -0.05) is 13.0 Å². The highest BCUT2D eigenvalue weighted by Gasteiger charge is 2.12. The molecule has 1 heterocycles. The molecule has 8 heteroatoms. The van der Waals surface area contributed by atoms with Crippen LogP contribution in [0.25, 0.3) is 0 Å². The van der Waals surface area contributed by atoms with Crippen LogP contribution in [0.5, 0.6) is 0 Å². The molecule has 1 aromatic heterocycles. The highest BCUT2D eigenvalue weighted by atomic mass is 127. The number of guanidine groups is 1. The van der Waals surface area contributed by atoms with Crippen molar-refractivity contribution in [1.29, 1.82) is 0 Å². The minimum atomic E-state index is -0.563. The second kappa shape index (κ2) is 10.8. The third kappa shape index (κ3) is 6.46. The summed E-state index contributed by atoms with van der Waals surface area (Å²) in [6, 6.07) is 3.69. The summed E-state index contributed by atoms with van der Waals surface area (Å²) in [5.41, 5.74) is 1.49. The number of nitrogens with one attached hydrogen (secondary N) is 2. The van der Waals surface area contributed by atoms with E-state index in [1.807, 2.05) is 27.7 Å². The molecule has 0 saturated carbocycles. The fourth-order valence-corrected chi connectivity index (χ4v) is 3.34. The van der Waals surface area contributed by atoms with Crippen molar-refractivity contribution in [3.63, 3.8) is 0 Å². The third-order valence-corrected chi connectivity index (χ3v) is 4.85. The topological polar surface area (TPSA) is 49.3 Å². The van der Waals surface area contributed by atoms with Crippen molar-refractivity contribution in [3.8, 4) is 0 Å². The first-order valence-corrected chi connectivity index (χ1v) is 9.12. The lowest BCUT2D eigenvalue weighted by Crippen LogP contribution is -2.39. The van der Waals surface area contributed by atoms with Gasteiger partial charge in [0.2, 0.25) is 0 Å². The monoisotopic (exact) mass is 494 g/mol. The van der Waals surface area contributed by atoms with Gasteiger partial charge >= 0.3 is 0 Å². The number of benzene rings is 1. The molecule has 144 valence electrons. The molecule has 1 aromatic carbocycles. The Morgan fingerprint density at radius 2 is 2.00 bits per heavy atom. The van der Waals surface area contributed by atoms with Gasteiger partial charge in [0.25, 0.3) is 0 Å². The summed E-state index contributed by atoms with van der Waals surface area (Å²) in [5.74, 6) is -0.530. The summed E-state index contributed by atoms with van der Waals surface area (Å²) in [7, 11) is 0. The largest absolute Gasteiger partial charge is 0.357 e. The van der Waals surface area contributed by atoms with E-state index in [-0.39, 0.29) is 29.9 Å². The van der Waals surface area contributed by atoms with E-state index in [1.54, 1.807) is 11.3 Å². The van der Waals surface area contributed by atoms with Crippen LogP contribution in [0, 0.1) is 25.5 Å². The minimum Gasteiger partial charge on any atom is -0.357 e. The standard InChI is InChI=1S/C18H24F2N4S.HI/c1-5-21-18(23-10-17-12(3)24-13(4)25-17)22-9-11(2)15-7-6-14(19)8-16(15)20;/h6-8,11H,5,9-10H2,1-4H3,(H2,21,22,23);1H. The molecule has 1 unspecified atom stereocenters. The van der Waals surface area contributed by atoms with E-state index in [0.717, 1.165) is 28.2 Å². The first kappa shape index (κ1) is 22.8. The van der Waals surface area contributed by atoms with E-state index in [2.05, 4.69) is 20.6 Å². The van der Waals surface area contributed by atoms with Crippen LogP contribution < -0.4 is 10.6 Å². The third-order valence-electron chi connectivity index (χ3n) is 3.79. The van der Waals surface area contributed by atoms with E-state index in [0.29, 0.717) is 24.6 Å². The lowest BCUT2D eigenvalue weighted by atomic mass is 10.0. The Labute approximate surface area is 174 Å². The van der Waals surface area contributed by atoms with E-state index < -0.39 is 11.6 Å². The van der Waals surface area contributed by atoms with Gasteiger partial charge in [0.15, 0.2) is 5.96 Å². The first-order chi connectivity index (χ1) is 11.9. The van der Waals surface area contributed by atoms with Gasteiger partial charge in [0.05, 0.1) is 17.2 Å². The molecule has 4 nitrogen and oxygen atoms in total. The molecule has 0 fully saturated rings. The van der Waals surface area contributed by atoms with Crippen LogP contribution in [0.2, 0.25) is 0 Å². The van der Waals surface area contributed by atoms with Crippen molar-refractivity contribution in [2.45, 2.75) is 40.2 Å². The lowest BCUT2D eigenvalue weighted by molar-refractivity contribution is 0.556. The van der Waals surface area contributed by atoms with Crippen molar-refractivity contribution >= 4 is 41.3 Å². The molecule has 0 aliphatic carbocycles. The number of aliphatic imine (C=N–C) groups is 1. The molecule has 0 spiro atoms. The molecule has 0 saturated heterocycles. The van der Waals surface area contributed by atoms with Gasteiger partial charge in [-0.05, 0) is 32.4 Å². The van der Waals surface area contributed by atoms with Crippen LogP contribution in [0.15, 0.2) is 23.2 Å². The van der Waals surface area contributed by atoms with Crippen LogP contribution in [0.1, 0.15) is 40.9 Å². The average Bonchev–Trinajstić information content (AvgIpc) is 2.87. The van der Waals surface area contributed by atoms with E-state index in [1.165, 1.54) is 12.1 Å². The van der Waals surface area contributed by atoms with Gasteiger partial charge < -0.3 is 10.6 Å². The number of rotatable bonds is 6. The normalized spacial score (nSPS) is 12.5. The van der Waals surface area contributed by atoms with Gasteiger partial charge in [0.1, 0.15) is 11.6 Å². The van der Waals surface area contributed by atoms with Crippen LogP contribution >= 0.6 is 35.3 Å². The van der Waals surface area contributed by atoms with Crippen molar-refractivity contribution in [3.05, 3.63) is 51.0 Å². The molecule has 0 radical (unpaired) electrons. The minimum absolute atomic E-state index is 0. The highest BCUT2D eigenvalue weighted by molar-refractivity contribution is 14.0. The summed E-state index contributed by atoms with van der Waals surface area (Å²) in [5, 5.41) is 7.43. The first-order valence-electron chi connectivity index (χ1n) is 8.30. The molecule has 0 bridgehead atoms. The van der Waals surface area contributed by atoms with E-state index >= 15 is 0 Å². The zero-order valence-electron chi connectivity index (χ0n) is 15.4. The summed E-state index contributed by atoms with van der Waals surface area (Å²) >= 11 is 1.64. The second-order valence-electron chi connectivity index (χ2n) is 5.88. The van der Waals surface area contributed by atoms with Crippen molar-refractivity contribution in [1.82, 2.24) is 15.6 Å². The molecule has 2 N–H and O–H groups in total. The fraction of sp³-hybridized carbons (Fsp3) is 0.444. The molecule has 0 aliphatic rings. The second-order valence-corrected chi connectivity index (χ2v) is 7.17. The van der Waals surface area contributed by atoms with Crippen molar-refractivity contribution < 1.29 is 8.78 Å². The number of hydrogen-bond acceptors (Lipinski definition) is 3. The number of hydrogen-bond donors (Lipinski definition) is 2. The van der Waals surface area contributed by atoms with Crippen LogP contribution in [0.4, 0.5) is 8.78 Å². The summed E-state index contributed by atoms with van der Waals surface area (Å²) in [6.07, 6.45) is 0. The molecule has 1 atom stereocenters. The maximum absolute atomic E-state index is 13.9. The van der Waals surface area contributed by atoms with E-state index in [9.17, 15) is 8.78 Å². The van der Waals surface area contributed by atoms with Gasteiger partial charge in [-0.25, -0.2) is 18.8 Å². The molecular weight excluding hydrogens is 469 g/mol. The Kier molecular flexibility index (Phi) is 9.42. The number of thiazole rings is 1. The maximum atomic E-state index is 13.9. The molecule has 0 amide bonds. The number of nitrogens with zero attached hydrogens (tertiary/aromatic N) is 2. The Morgan fingerprint density at radius 3 is 2.58 bits per heavy atom. The lowest BCUT2D eigenvalue weighted by Gasteiger charge is -2.16. The predicted octanol–water partition coefficient (Wildman–Crippen LogP) is 4.51. The highest BCUT2D eigenvalue weighted by Crippen LogP contribution is 2.19. The predicted molar refractivity (Wildman–Crippen MR) is 115 cm³/mol. The number of halogens is 3. The average molecular weight is 494 g/mol. The Bertz CT molecular complexity index is 749. The SMILES string of the molecule is CCNC(=NCc1sc(C)nc1C)NCC(C)c1ccc(F)cc1F.I. The van der Waals surface area contributed by atoms with E-state index in [4.69, 9.17) is 0 Å². The summed E-state index contributed by atoms with van der Waals surface area (Å²) in [6.45, 7) is 9.61. The fourth-order valence-electron chi connectivity index (χ4n) is 2.47. The van der Waals surface area contributed by atoms with Crippen LogP contribution in [-0.4, -0.2) is 24.0 Å². The van der Waals surface area contributed by atoms with Crippen LogP contribution in [-0.2, 0) is 6.54 Å². The Morgan fingerprint density at radius 1 is 1.27 bits per heavy atom.